The number of thioether (sulfide) groups is 1. The number of benzene rings is 2. The van der Waals surface area contributed by atoms with E-state index in [1.165, 1.54) is 12.1 Å². The highest BCUT2D eigenvalue weighted by molar-refractivity contribution is 7.99. The lowest BCUT2D eigenvalue weighted by Crippen LogP contribution is -2.16. The summed E-state index contributed by atoms with van der Waals surface area (Å²) < 4.78 is 67.8. The molecule has 2 aromatic carbocycles. The molecule has 4 rings (SSSR count). The first-order valence-corrected chi connectivity index (χ1v) is 11.3. The number of para-hydroxylation sites is 1. The number of imidazole rings is 1. The molecular formula is C19H16F3N3O2S2. The van der Waals surface area contributed by atoms with Crippen LogP contribution in [0.1, 0.15) is 11.1 Å². The molecule has 0 bridgehead atoms. The van der Waals surface area contributed by atoms with Crippen molar-refractivity contribution in [1.29, 1.82) is 0 Å². The summed E-state index contributed by atoms with van der Waals surface area (Å²) in [7, 11) is -3.83. The molecule has 0 saturated heterocycles. The Balaban J connectivity index is 1.55. The average molecular weight is 439 g/mol. The van der Waals surface area contributed by atoms with Gasteiger partial charge >= 0.3 is 6.18 Å². The zero-order valence-electron chi connectivity index (χ0n) is 15.0. The standard InChI is InChI=1S/C19H16F3N3O2S2/c20-19(21,22)14-7-5-13(6-8-14)12-29(26,27)24-16-4-2-1-3-15(16)17-11-25-9-10-28-18(25)23-17/h1-8,11,24H,9-10,12H2. The fraction of sp³-hybridized carbons (Fsp3) is 0.211. The van der Waals surface area contributed by atoms with Crippen molar-refractivity contribution in [2.75, 3.05) is 10.5 Å². The number of hydrogen-bond donors (Lipinski definition) is 1. The van der Waals surface area contributed by atoms with E-state index in [4.69, 9.17) is 0 Å². The Labute approximate surface area is 170 Å². The van der Waals surface area contributed by atoms with Gasteiger partial charge in [0.2, 0.25) is 10.0 Å². The number of anilines is 1. The van der Waals surface area contributed by atoms with E-state index in [1.807, 2.05) is 10.8 Å². The normalized spacial score (nSPS) is 14.0. The van der Waals surface area contributed by atoms with Gasteiger partial charge in [0.25, 0.3) is 0 Å². The van der Waals surface area contributed by atoms with E-state index in [0.717, 1.165) is 29.6 Å². The summed E-state index contributed by atoms with van der Waals surface area (Å²) in [6.07, 6.45) is -2.57. The van der Waals surface area contributed by atoms with E-state index in [2.05, 4.69) is 9.71 Å². The highest BCUT2D eigenvalue weighted by Crippen LogP contribution is 2.33. The highest BCUT2D eigenvalue weighted by atomic mass is 32.2. The van der Waals surface area contributed by atoms with Crippen LogP contribution in [0, 0.1) is 0 Å². The van der Waals surface area contributed by atoms with Gasteiger partial charge in [0.05, 0.1) is 22.7 Å². The van der Waals surface area contributed by atoms with Crippen molar-refractivity contribution in [3.63, 3.8) is 0 Å². The number of fused-ring (bicyclic) bond motifs is 1. The quantitative estimate of drug-likeness (QED) is 0.630. The van der Waals surface area contributed by atoms with Crippen LogP contribution < -0.4 is 4.72 Å². The van der Waals surface area contributed by atoms with E-state index in [1.54, 1.807) is 36.0 Å². The SMILES string of the molecule is O=S(=O)(Cc1ccc(C(F)(F)F)cc1)Nc1ccccc1-c1cn2c(n1)SCC2. The van der Waals surface area contributed by atoms with Gasteiger partial charge in [0, 0.05) is 24.1 Å². The average Bonchev–Trinajstić information content (AvgIpc) is 3.23. The minimum atomic E-state index is -4.46. The van der Waals surface area contributed by atoms with Crippen molar-refractivity contribution in [1.82, 2.24) is 9.55 Å². The predicted molar refractivity (Wildman–Crippen MR) is 106 cm³/mol. The number of halogens is 3. The van der Waals surface area contributed by atoms with Crippen LogP contribution in [-0.2, 0) is 28.5 Å². The van der Waals surface area contributed by atoms with Crippen LogP contribution in [0.4, 0.5) is 18.9 Å². The fourth-order valence-corrected chi connectivity index (χ4v) is 5.21. The van der Waals surface area contributed by atoms with Crippen molar-refractivity contribution < 1.29 is 21.6 Å². The Kier molecular flexibility index (Phi) is 5.07. The van der Waals surface area contributed by atoms with Gasteiger partial charge in [0.15, 0.2) is 5.16 Å². The van der Waals surface area contributed by atoms with Gasteiger partial charge in [-0.3, -0.25) is 4.72 Å². The molecule has 1 N–H and O–H groups in total. The highest BCUT2D eigenvalue weighted by Gasteiger charge is 2.30. The van der Waals surface area contributed by atoms with E-state index in [0.29, 0.717) is 16.9 Å². The lowest BCUT2D eigenvalue weighted by molar-refractivity contribution is -0.137. The van der Waals surface area contributed by atoms with Crippen LogP contribution in [0.5, 0.6) is 0 Å². The molecule has 0 spiro atoms. The summed E-state index contributed by atoms with van der Waals surface area (Å²) in [6.45, 7) is 0.856. The number of alkyl halides is 3. The van der Waals surface area contributed by atoms with Gasteiger partial charge in [-0.2, -0.15) is 13.2 Å². The number of nitrogens with one attached hydrogen (secondary N) is 1. The predicted octanol–water partition coefficient (Wildman–Crippen LogP) is 4.62. The monoisotopic (exact) mass is 439 g/mol. The number of nitrogens with zero attached hydrogens (tertiary/aromatic N) is 2. The zero-order valence-corrected chi connectivity index (χ0v) is 16.6. The summed E-state index contributed by atoms with van der Waals surface area (Å²) in [4.78, 5) is 4.55. The van der Waals surface area contributed by atoms with E-state index in [9.17, 15) is 21.6 Å². The molecule has 1 aromatic heterocycles. The van der Waals surface area contributed by atoms with Gasteiger partial charge in [-0.15, -0.1) is 0 Å². The van der Waals surface area contributed by atoms with Gasteiger partial charge in [-0.25, -0.2) is 13.4 Å². The molecule has 152 valence electrons. The molecular weight excluding hydrogens is 423 g/mol. The second-order valence-electron chi connectivity index (χ2n) is 6.55. The molecule has 1 aliphatic heterocycles. The fourth-order valence-electron chi connectivity index (χ4n) is 3.05. The Morgan fingerprint density at radius 3 is 2.52 bits per heavy atom. The zero-order chi connectivity index (χ0) is 20.6. The number of rotatable bonds is 5. The molecule has 0 atom stereocenters. The Morgan fingerprint density at radius 1 is 1.10 bits per heavy atom. The third-order valence-corrected chi connectivity index (χ3v) is 6.62. The lowest BCUT2D eigenvalue weighted by atomic mass is 10.1. The summed E-state index contributed by atoms with van der Waals surface area (Å²) in [6, 6.07) is 11.0. The summed E-state index contributed by atoms with van der Waals surface area (Å²) in [5.74, 6) is 0.527. The molecule has 0 saturated carbocycles. The van der Waals surface area contributed by atoms with E-state index < -0.39 is 27.5 Å². The number of sulfonamides is 1. The van der Waals surface area contributed by atoms with Crippen molar-refractivity contribution in [3.05, 3.63) is 65.9 Å². The third-order valence-electron chi connectivity index (χ3n) is 4.41. The lowest BCUT2D eigenvalue weighted by Gasteiger charge is -2.12. The minimum absolute atomic E-state index is 0.264. The Hall–Kier alpha value is -2.46. The van der Waals surface area contributed by atoms with Crippen LogP contribution in [0.2, 0.25) is 0 Å². The molecule has 10 heteroatoms. The second-order valence-corrected chi connectivity index (χ2v) is 9.34. The molecule has 1 aliphatic rings. The molecule has 0 fully saturated rings. The molecule has 2 heterocycles. The van der Waals surface area contributed by atoms with Gasteiger partial charge in [-0.05, 0) is 23.8 Å². The first kappa shape index (κ1) is 19.8. The first-order valence-electron chi connectivity index (χ1n) is 8.67. The maximum absolute atomic E-state index is 12.7. The first-order chi connectivity index (χ1) is 13.7. The summed E-state index contributed by atoms with van der Waals surface area (Å²) in [5.41, 5.74) is 1.13. The van der Waals surface area contributed by atoms with Crippen LogP contribution in [0.15, 0.2) is 59.9 Å². The molecule has 29 heavy (non-hydrogen) atoms. The van der Waals surface area contributed by atoms with Crippen LogP contribution in [-0.4, -0.2) is 23.7 Å². The van der Waals surface area contributed by atoms with Crippen LogP contribution >= 0.6 is 11.8 Å². The minimum Gasteiger partial charge on any atom is -0.325 e. The summed E-state index contributed by atoms with van der Waals surface area (Å²) >= 11 is 1.64. The second kappa shape index (κ2) is 7.42. The van der Waals surface area contributed by atoms with Crippen LogP contribution in [0.25, 0.3) is 11.3 Å². The van der Waals surface area contributed by atoms with Crippen molar-refractivity contribution >= 4 is 27.5 Å². The smallest absolute Gasteiger partial charge is 0.325 e. The number of hydrogen-bond acceptors (Lipinski definition) is 4. The molecule has 0 unspecified atom stereocenters. The van der Waals surface area contributed by atoms with Crippen LogP contribution in [0.3, 0.4) is 0 Å². The maximum atomic E-state index is 12.7. The molecule has 3 aromatic rings. The van der Waals surface area contributed by atoms with Crippen molar-refractivity contribution in [3.8, 4) is 11.3 Å². The Morgan fingerprint density at radius 2 is 1.83 bits per heavy atom. The Bertz CT molecular complexity index is 1120. The van der Waals surface area contributed by atoms with Crippen molar-refractivity contribution in [2.45, 2.75) is 23.6 Å². The summed E-state index contributed by atoms with van der Waals surface area (Å²) in [5, 5.41) is 0.891. The van der Waals surface area contributed by atoms with Gasteiger partial charge < -0.3 is 4.57 Å². The molecule has 0 aliphatic carbocycles. The molecule has 0 radical (unpaired) electrons. The third kappa shape index (κ3) is 4.43. The maximum Gasteiger partial charge on any atom is 0.416 e. The molecule has 0 amide bonds. The van der Waals surface area contributed by atoms with E-state index >= 15 is 0 Å². The van der Waals surface area contributed by atoms with Crippen molar-refractivity contribution in [2.24, 2.45) is 0 Å². The topological polar surface area (TPSA) is 64.0 Å². The van der Waals surface area contributed by atoms with Gasteiger partial charge in [0.1, 0.15) is 0 Å². The largest absolute Gasteiger partial charge is 0.416 e. The van der Waals surface area contributed by atoms with E-state index in [-0.39, 0.29) is 5.56 Å². The number of aryl methyl sites for hydroxylation is 1. The molecule has 5 nitrogen and oxygen atoms in total. The van der Waals surface area contributed by atoms with Gasteiger partial charge in [-0.1, -0.05) is 42.1 Å². The number of aromatic nitrogens is 2.